The summed E-state index contributed by atoms with van der Waals surface area (Å²) < 4.78 is 24.8. The second-order valence-electron chi connectivity index (χ2n) is 4.14. The smallest absolute Gasteiger partial charge is 0.270 e. The van der Waals surface area contributed by atoms with Crippen molar-refractivity contribution >= 4 is 0 Å². The fraction of sp³-hybridized carbons (Fsp3) is 0.833. The second-order valence-corrected chi connectivity index (χ2v) is 4.14. The van der Waals surface area contributed by atoms with Gasteiger partial charge in [-0.25, -0.2) is 0 Å². The summed E-state index contributed by atoms with van der Waals surface area (Å²) in [5, 5.41) is 0. The van der Waals surface area contributed by atoms with Gasteiger partial charge in [-0.2, -0.15) is 8.78 Å². The van der Waals surface area contributed by atoms with Gasteiger partial charge < -0.3 is 0 Å². The molecule has 0 bridgehead atoms. The lowest BCUT2D eigenvalue weighted by Crippen LogP contribution is -2.37. The van der Waals surface area contributed by atoms with Crippen molar-refractivity contribution in [3.8, 4) is 0 Å². The first-order chi connectivity index (χ1) is 7.18. The van der Waals surface area contributed by atoms with Crippen LogP contribution in [0.3, 0.4) is 0 Å². The predicted octanol–water partition coefficient (Wildman–Crippen LogP) is 3.81. The Kier molecular flexibility index (Phi) is 4.26. The molecule has 2 fully saturated rings. The molecule has 0 amide bonds. The molecule has 0 N–H and O–H groups in total. The van der Waals surface area contributed by atoms with Gasteiger partial charge in [0.1, 0.15) is 0 Å². The number of fused-ring (bicyclic) bond motifs is 1. The van der Waals surface area contributed by atoms with E-state index in [1.807, 2.05) is 13.8 Å². The molecule has 1 unspecified atom stereocenters. The van der Waals surface area contributed by atoms with Gasteiger partial charge in [-0.05, 0) is 32.2 Å². The topological polar surface area (TPSA) is 3.24 Å². The maximum absolute atomic E-state index is 12.4. The summed E-state index contributed by atoms with van der Waals surface area (Å²) in [5.74, 6) is 0. The molecule has 2 heterocycles. The van der Waals surface area contributed by atoms with Crippen molar-refractivity contribution in [1.82, 2.24) is 4.90 Å². The molecule has 0 aromatic carbocycles. The lowest BCUT2D eigenvalue weighted by atomic mass is 9.90. The molecule has 15 heavy (non-hydrogen) atoms. The van der Waals surface area contributed by atoms with Crippen LogP contribution in [0.1, 0.15) is 46.5 Å². The van der Waals surface area contributed by atoms with E-state index in [-0.39, 0.29) is 5.54 Å². The van der Waals surface area contributed by atoms with Crippen molar-refractivity contribution in [3.05, 3.63) is 11.7 Å². The molecule has 0 aromatic rings. The number of hydrogen-bond donors (Lipinski definition) is 0. The highest BCUT2D eigenvalue weighted by atomic mass is 19.3. The molecule has 1 atom stereocenters. The van der Waals surface area contributed by atoms with Gasteiger partial charge in [0, 0.05) is 17.7 Å². The Labute approximate surface area is 91.1 Å². The van der Waals surface area contributed by atoms with Crippen LogP contribution in [0.5, 0.6) is 0 Å². The first kappa shape index (κ1) is 12.6. The minimum Gasteiger partial charge on any atom is -0.293 e. The minimum atomic E-state index is -1.44. The Morgan fingerprint density at radius 2 is 2.07 bits per heavy atom. The lowest BCUT2D eigenvalue weighted by molar-refractivity contribution is 0.189. The predicted molar refractivity (Wildman–Crippen MR) is 59.0 cm³/mol. The first-order valence-electron chi connectivity index (χ1n) is 5.96. The summed E-state index contributed by atoms with van der Waals surface area (Å²) in [6.45, 7) is 7.62. The lowest BCUT2D eigenvalue weighted by Gasteiger charge is -2.29. The zero-order valence-corrected chi connectivity index (χ0v) is 9.95. The average Bonchev–Trinajstić information content (AvgIpc) is 2.76. The van der Waals surface area contributed by atoms with Crippen LogP contribution in [0.15, 0.2) is 11.7 Å². The molecule has 0 spiro atoms. The largest absolute Gasteiger partial charge is 0.293 e. The van der Waals surface area contributed by atoms with E-state index in [4.69, 9.17) is 0 Å². The van der Waals surface area contributed by atoms with E-state index in [0.29, 0.717) is 18.5 Å². The summed E-state index contributed by atoms with van der Waals surface area (Å²) in [6.07, 6.45) is 2.44. The Morgan fingerprint density at radius 1 is 1.40 bits per heavy atom. The Morgan fingerprint density at radius 3 is 2.53 bits per heavy atom. The molecule has 2 rings (SSSR count). The molecule has 0 aromatic heterocycles. The number of rotatable bonds is 1. The van der Waals surface area contributed by atoms with E-state index < -0.39 is 6.08 Å². The van der Waals surface area contributed by atoms with E-state index in [1.165, 1.54) is 6.42 Å². The molecule has 0 radical (unpaired) electrons. The molecule has 0 aliphatic carbocycles. The minimum absolute atomic E-state index is 0.0960. The van der Waals surface area contributed by atoms with E-state index in [9.17, 15) is 8.78 Å². The standard InChI is InChI=1S/C10H15F2N.C2H6/c1-2-10-4-3-5-13(10)7-8(6-10)9(11)12;1-2/h2-7H2,1H3;1-2H3. The first-order valence-corrected chi connectivity index (χ1v) is 5.96. The molecule has 2 saturated heterocycles. The third-order valence-corrected chi connectivity index (χ3v) is 3.59. The van der Waals surface area contributed by atoms with Crippen molar-refractivity contribution < 1.29 is 8.78 Å². The summed E-state index contributed by atoms with van der Waals surface area (Å²) >= 11 is 0. The zero-order chi connectivity index (χ0) is 11.5. The normalized spacial score (nSPS) is 29.8. The van der Waals surface area contributed by atoms with Crippen LogP contribution in [-0.4, -0.2) is 23.5 Å². The van der Waals surface area contributed by atoms with E-state index in [1.54, 1.807) is 0 Å². The highest BCUT2D eigenvalue weighted by Gasteiger charge is 2.45. The quantitative estimate of drug-likeness (QED) is 0.645. The van der Waals surface area contributed by atoms with E-state index in [0.717, 1.165) is 19.4 Å². The molecule has 1 nitrogen and oxygen atoms in total. The van der Waals surface area contributed by atoms with Crippen LogP contribution < -0.4 is 0 Å². The van der Waals surface area contributed by atoms with Gasteiger partial charge in [-0.1, -0.05) is 20.8 Å². The summed E-state index contributed by atoms with van der Waals surface area (Å²) in [6, 6.07) is 0. The molecule has 2 aliphatic heterocycles. The van der Waals surface area contributed by atoms with Crippen LogP contribution in [0.25, 0.3) is 0 Å². The maximum Gasteiger partial charge on any atom is 0.270 e. The van der Waals surface area contributed by atoms with Crippen molar-refractivity contribution in [2.24, 2.45) is 0 Å². The number of hydrogen-bond acceptors (Lipinski definition) is 1. The van der Waals surface area contributed by atoms with Gasteiger partial charge >= 0.3 is 0 Å². The zero-order valence-electron chi connectivity index (χ0n) is 9.95. The van der Waals surface area contributed by atoms with Crippen molar-refractivity contribution in [1.29, 1.82) is 0 Å². The fourth-order valence-electron chi connectivity index (χ4n) is 2.78. The molecule has 0 saturated carbocycles. The summed E-state index contributed by atoms with van der Waals surface area (Å²) in [7, 11) is 0. The van der Waals surface area contributed by atoms with Gasteiger partial charge in [0.2, 0.25) is 0 Å². The van der Waals surface area contributed by atoms with E-state index in [2.05, 4.69) is 11.8 Å². The van der Waals surface area contributed by atoms with Gasteiger partial charge in [-0.15, -0.1) is 0 Å². The number of nitrogens with zero attached hydrogens (tertiary/aromatic N) is 1. The Hall–Kier alpha value is -0.440. The molecule has 3 heteroatoms. The molecular weight excluding hydrogens is 196 g/mol. The maximum atomic E-state index is 12.4. The van der Waals surface area contributed by atoms with Crippen LogP contribution in [0.2, 0.25) is 0 Å². The summed E-state index contributed by atoms with van der Waals surface area (Å²) in [4.78, 5) is 2.24. The van der Waals surface area contributed by atoms with Crippen molar-refractivity contribution in [2.45, 2.75) is 52.0 Å². The van der Waals surface area contributed by atoms with Crippen LogP contribution >= 0.6 is 0 Å². The molecular formula is C12H21F2N. The van der Waals surface area contributed by atoms with Crippen molar-refractivity contribution in [3.63, 3.8) is 0 Å². The monoisotopic (exact) mass is 217 g/mol. The SMILES string of the molecule is CC.CCC12CCCN1CC(=C(F)F)C2. The third-order valence-electron chi connectivity index (χ3n) is 3.59. The second kappa shape index (κ2) is 5.06. The highest BCUT2D eigenvalue weighted by molar-refractivity contribution is 5.20. The van der Waals surface area contributed by atoms with Crippen molar-refractivity contribution in [2.75, 3.05) is 13.1 Å². The van der Waals surface area contributed by atoms with Crippen LogP contribution in [0, 0.1) is 0 Å². The van der Waals surface area contributed by atoms with Crippen LogP contribution in [-0.2, 0) is 0 Å². The Balaban J connectivity index is 0.000000531. The molecule has 88 valence electrons. The van der Waals surface area contributed by atoms with Gasteiger partial charge in [-0.3, -0.25) is 4.90 Å². The summed E-state index contributed by atoms with van der Waals surface area (Å²) in [5.41, 5.74) is 0.472. The fourth-order valence-corrected chi connectivity index (χ4v) is 2.78. The van der Waals surface area contributed by atoms with E-state index >= 15 is 0 Å². The van der Waals surface area contributed by atoms with Gasteiger partial charge in [0.05, 0.1) is 0 Å². The highest BCUT2D eigenvalue weighted by Crippen LogP contribution is 2.44. The average molecular weight is 217 g/mol. The van der Waals surface area contributed by atoms with Crippen LogP contribution in [0.4, 0.5) is 8.78 Å². The van der Waals surface area contributed by atoms with Gasteiger partial charge in [0.25, 0.3) is 6.08 Å². The molecule has 2 aliphatic rings. The van der Waals surface area contributed by atoms with Gasteiger partial charge in [0.15, 0.2) is 0 Å². The third kappa shape index (κ3) is 2.22. The Bertz CT molecular complexity index is 246. The number of halogens is 2.